The lowest BCUT2D eigenvalue weighted by molar-refractivity contribution is -0.131. The lowest BCUT2D eigenvalue weighted by Crippen LogP contribution is -2.36. The van der Waals surface area contributed by atoms with Gasteiger partial charge in [0.2, 0.25) is 5.91 Å². The molecule has 1 fully saturated rings. The van der Waals surface area contributed by atoms with Gasteiger partial charge in [-0.1, -0.05) is 6.92 Å². The number of aromatic amines is 1. The Morgan fingerprint density at radius 2 is 2.67 bits per heavy atom. The van der Waals surface area contributed by atoms with Gasteiger partial charge in [0, 0.05) is 12.8 Å². The average molecular weight is 209 g/mol. The SMILES string of the molecule is CC1CCOC1C(=O)NCc1ccn[nH]1. The van der Waals surface area contributed by atoms with Crippen LogP contribution in [0.3, 0.4) is 0 Å². The van der Waals surface area contributed by atoms with Crippen molar-refractivity contribution in [1.29, 1.82) is 0 Å². The first-order valence-corrected chi connectivity index (χ1v) is 5.15. The van der Waals surface area contributed by atoms with Crippen LogP contribution in [-0.4, -0.2) is 28.8 Å². The molecule has 2 heterocycles. The standard InChI is InChI=1S/C10H15N3O2/c1-7-3-5-15-9(7)10(14)11-6-8-2-4-12-13-8/h2,4,7,9H,3,5-6H2,1H3,(H,11,14)(H,12,13). The van der Waals surface area contributed by atoms with Crippen molar-refractivity contribution in [2.45, 2.75) is 26.0 Å². The average Bonchev–Trinajstić information content (AvgIpc) is 2.84. The highest BCUT2D eigenvalue weighted by atomic mass is 16.5. The van der Waals surface area contributed by atoms with Crippen LogP contribution in [0.5, 0.6) is 0 Å². The summed E-state index contributed by atoms with van der Waals surface area (Å²) in [5.74, 6) is 0.279. The summed E-state index contributed by atoms with van der Waals surface area (Å²) < 4.78 is 5.36. The second kappa shape index (κ2) is 4.44. The Hall–Kier alpha value is -1.36. The molecule has 0 spiro atoms. The summed E-state index contributed by atoms with van der Waals surface area (Å²) in [5.41, 5.74) is 0.897. The zero-order valence-electron chi connectivity index (χ0n) is 8.69. The maximum Gasteiger partial charge on any atom is 0.249 e. The topological polar surface area (TPSA) is 67.0 Å². The van der Waals surface area contributed by atoms with E-state index in [-0.39, 0.29) is 12.0 Å². The number of nitrogens with zero attached hydrogens (tertiary/aromatic N) is 1. The van der Waals surface area contributed by atoms with Gasteiger partial charge in [0.1, 0.15) is 6.10 Å². The molecule has 2 atom stereocenters. The number of nitrogens with one attached hydrogen (secondary N) is 2. The largest absolute Gasteiger partial charge is 0.368 e. The van der Waals surface area contributed by atoms with Gasteiger partial charge >= 0.3 is 0 Å². The quantitative estimate of drug-likeness (QED) is 0.759. The summed E-state index contributed by atoms with van der Waals surface area (Å²) in [4.78, 5) is 11.7. The van der Waals surface area contributed by atoms with Crippen molar-refractivity contribution in [3.8, 4) is 0 Å². The van der Waals surface area contributed by atoms with Crippen molar-refractivity contribution >= 4 is 5.91 Å². The monoisotopic (exact) mass is 209 g/mol. The third-order valence-corrected chi connectivity index (χ3v) is 2.66. The van der Waals surface area contributed by atoms with E-state index in [9.17, 15) is 4.79 Å². The minimum Gasteiger partial charge on any atom is -0.368 e. The molecule has 82 valence electrons. The molecule has 1 aromatic heterocycles. The van der Waals surface area contributed by atoms with E-state index < -0.39 is 0 Å². The zero-order chi connectivity index (χ0) is 10.7. The van der Waals surface area contributed by atoms with E-state index in [1.807, 2.05) is 13.0 Å². The van der Waals surface area contributed by atoms with E-state index >= 15 is 0 Å². The third-order valence-electron chi connectivity index (χ3n) is 2.66. The first kappa shape index (κ1) is 10.2. The Morgan fingerprint density at radius 1 is 1.80 bits per heavy atom. The number of aromatic nitrogens is 2. The highest BCUT2D eigenvalue weighted by molar-refractivity contribution is 5.81. The molecule has 0 radical (unpaired) electrons. The van der Waals surface area contributed by atoms with E-state index in [4.69, 9.17) is 4.74 Å². The smallest absolute Gasteiger partial charge is 0.249 e. The van der Waals surface area contributed by atoms with Gasteiger partial charge in [0.25, 0.3) is 0 Å². The van der Waals surface area contributed by atoms with Gasteiger partial charge in [0.15, 0.2) is 0 Å². The van der Waals surface area contributed by atoms with Gasteiger partial charge in [-0.05, 0) is 18.4 Å². The van der Waals surface area contributed by atoms with Crippen molar-refractivity contribution in [2.24, 2.45) is 5.92 Å². The number of amides is 1. The summed E-state index contributed by atoms with van der Waals surface area (Å²) >= 11 is 0. The summed E-state index contributed by atoms with van der Waals surface area (Å²) in [6.07, 6.45) is 2.34. The van der Waals surface area contributed by atoms with E-state index in [1.54, 1.807) is 6.20 Å². The highest BCUT2D eigenvalue weighted by Crippen LogP contribution is 2.19. The van der Waals surface area contributed by atoms with Gasteiger partial charge in [-0.3, -0.25) is 9.89 Å². The number of ether oxygens (including phenoxy) is 1. The van der Waals surface area contributed by atoms with E-state index in [1.165, 1.54) is 0 Å². The van der Waals surface area contributed by atoms with Crippen LogP contribution in [0.15, 0.2) is 12.3 Å². The molecule has 1 saturated heterocycles. The lowest BCUT2D eigenvalue weighted by atomic mass is 10.0. The van der Waals surface area contributed by atoms with Crippen LogP contribution in [0, 0.1) is 5.92 Å². The second-order valence-electron chi connectivity index (χ2n) is 3.86. The fourth-order valence-electron chi connectivity index (χ4n) is 1.70. The Balaban J connectivity index is 1.82. The molecule has 1 aliphatic heterocycles. The van der Waals surface area contributed by atoms with Crippen LogP contribution < -0.4 is 5.32 Å². The molecular weight excluding hydrogens is 194 g/mol. The van der Waals surface area contributed by atoms with E-state index in [0.717, 1.165) is 12.1 Å². The number of hydrogen-bond donors (Lipinski definition) is 2. The number of carbonyl (C=O) groups excluding carboxylic acids is 1. The van der Waals surface area contributed by atoms with E-state index in [2.05, 4.69) is 15.5 Å². The Labute approximate surface area is 88.2 Å². The second-order valence-corrected chi connectivity index (χ2v) is 3.86. The van der Waals surface area contributed by atoms with E-state index in [0.29, 0.717) is 19.1 Å². The molecule has 1 aliphatic rings. The fraction of sp³-hybridized carbons (Fsp3) is 0.600. The maximum atomic E-state index is 11.7. The molecule has 1 amide bonds. The van der Waals surface area contributed by atoms with Gasteiger partial charge in [0.05, 0.1) is 12.2 Å². The molecule has 5 heteroatoms. The molecule has 0 saturated carbocycles. The van der Waals surface area contributed by atoms with Gasteiger partial charge < -0.3 is 10.1 Å². The van der Waals surface area contributed by atoms with Crippen LogP contribution in [-0.2, 0) is 16.1 Å². The zero-order valence-corrected chi connectivity index (χ0v) is 8.69. The van der Waals surface area contributed by atoms with Crippen LogP contribution in [0.4, 0.5) is 0 Å². The number of hydrogen-bond acceptors (Lipinski definition) is 3. The fourth-order valence-corrected chi connectivity index (χ4v) is 1.70. The van der Waals surface area contributed by atoms with Gasteiger partial charge in [-0.25, -0.2) is 0 Å². The molecule has 5 nitrogen and oxygen atoms in total. The molecule has 0 bridgehead atoms. The molecule has 0 aromatic carbocycles. The molecule has 2 unspecified atom stereocenters. The van der Waals surface area contributed by atoms with Crippen molar-refractivity contribution in [3.05, 3.63) is 18.0 Å². The Kier molecular flexibility index (Phi) is 3.01. The van der Waals surface area contributed by atoms with Crippen LogP contribution in [0.25, 0.3) is 0 Å². The summed E-state index contributed by atoms with van der Waals surface area (Å²) in [6, 6.07) is 1.83. The Morgan fingerprint density at radius 3 is 3.27 bits per heavy atom. The molecule has 15 heavy (non-hydrogen) atoms. The van der Waals surface area contributed by atoms with Crippen LogP contribution in [0.1, 0.15) is 19.0 Å². The predicted molar refractivity (Wildman–Crippen MR) is 54.0 cm³/mol. The first-order valence-electron chi connectivity index (χ1n) is 5.15. The summed E-state index contributed by atoms with van der Waals surface area (Å²) in [7, 11) is 0. The minimum atomic E-state index is -0.284. The van der Waals surface area contributed by atoms with Crippen LogP contribution >= 0.6 is 0 Å². The number of carbonyl (C=O) groups is 1. The van der Waals surface area contributed by atoms with Gasteiger partial charge in [-0.15, -0.1) is 0 Å². The van der Waals surface area contributed by atoms with Crippen molar-refractivity contribution in [3.63, 3.8) is 0 Å². The molecule has 2 rings (SSSR count). The molecule has 0 aliphatic carbocycles. The highest BCUT2D eigenvalue weighted by Gasteiger charge is 2.30. The third kappa shape index (κ3) is 2.36. The normalized spacial score (nSPS) is 25.4. The number of H-pyrrole nitrogens is 1. The minimum absolute atomic E-state index is 0.0328. The molecular formula is C10H15N3O2. The van der Waals surface area contributed by atoms with Crippen molar-refractivity contribution < 1.29 is 9.53 Å². The van der Waals surface area contributed by atoms with Crippen molar-refractivity contribution in [1.82, 2.24) is 15.5 Å². The van der Waals surface area contributed by atoms with Gasteiger partial charge in [-0.2, -0.15) is 5.10 Å². The van der Waals surface area contributed by atoms with Crippen molar-refractivity contribution in [2.75, 3.05) is 6.61 Å². The Bertz CT molecular complexity index is 323. The lowest BCUT2D eigenvalue weighted by Gasteiger charge is -2.13. The van der Waals surface area contributed by atoms with Crippen LogP contribution in [0.2, 0.25) is 0 Å². The summed E-state index contributed by atoms with van der Waals surface area (Å²) in [5, 5.41) is 9.42. The first-order chi connectivity index (χ1) is 7.27. The number of rotatable bonds is 3. The molecule has 1 aromatic rings. The predicted octanol–water partition coefficient (Wildman–Crippen LogP) is 0.451. The molecule has 2 N–H and O–H groups in total. The summed E-state index contributed by atoms with van der Waals surface area (Å²) in [6.45, 7) is 3.20. The maximum absolute atomic E-state index is 11.7.